The molecule has 1 fully saturated rings. The molecular formula is C15H24N2O2S. The molecular weight excluding hydrogens is 272 g/mol. The van der Waals surface area contributed by atoms with Crippen LogP contribution in [0.2, 0.25) is 0 Å². The lowest BCUT2D eigenvalue weighted by atomic mass is 10.0. The van der Waals surface area contributed by atoms with Crippen LogP contribution in [-0.2, 0) is 10.0 Å². The van der Waals surface area contributed by atoms with Crippen molar-refractivity contribution in [3.8, 4) is 0 Å². The van der Waals surface area contributed by atoms with E-state index in [1.54, 1.807) is 19.2 Å². The first-order chi connectivity index (χ1) is 9.37. The third-order valence-electron chi connectivity index (χ3n) is 4.10. The van der Waals surface area contributed by atoms with Crippen LogP contribution >= 0.6 is 0 Å². The molecule has 20 heavy (non-hydrogen) atoms. The molecule has 0 bridgehead atoms. The molecule has 1 saturated carbocycles. The highest BCUT2D eigenvalue weighted by atomic mass is 32.2. The Morgan fingerprint density at radius 3 is 2.20 bits per heavy atom. The summed E-state index contributed by atoms with van der Waals surface area (Å²) in [6, 6.07) is 7.09. The topological polar surface area (TPSA) is 63.4 Å². The summed E-state index contributed by atoms with van der Waals surface area (Å²) in [6.45, 7) is 4.56. The standard InChI is InChI=1S/C15H24N2O2S/c1-11(2)12-6-8-14(9-7-12)20(18,19)17(3)15(10-16)13-4-5-13/h6-9,11,13,15H,4-5,10,16H2,1-3H3. The zero-order valence-corrected chi connectivity index (χ0v) is 13.2. The van der Waals surface area contributed by atoms with Gasteiger partial charge in [0.15, 0.2) is 0 Å². The van der Waals surface area contributed by atoms with Crippen molar-refractivity contribution < 1.29 is 8.42 Å². The summed E-state index contributed by atoms with van der Waals surface area (Å²) < 4.78 is 26.7. The number of benzene rings is 1. The summed E-state index contributed by atoms with van der Waals surface area (Å²) in [5.41, 5.74) is 6.89. The molecule has 1 aromatic rings. The van der Waals surface area contributed by atoms with Crippen LogP contribution in [0.5, 0.6) is 0 Å². The van der Waals surface area contributed by atoms with Gasteiger partial charge >= 0.3 is 0 Å². The average Bonchev–Trinajstić information content (AvgIpc) is 3.24. The average molecular weight is 296 g/mol. The van der Waals surface area contributed by atoms with Crippen molar-refractivity contribution in [3.05, 3.63) is 29.8 Å². The predicted molar refractivity (Wildman–Crippen MR) is 81.0 cm³/mol. The molecule has 1 atom stereocenters. The van der Waals surface area contributed by atoms with Crippen molar-refractivity contribution in [2.24, 2.45) is 11.7 Å². The Morgan fingerprint density at radius 1 is 1.25 bits per heavy atom. The van der Waals surface area contributed by atoms with Crippen LogP contribution in [0, 0.1) is 5.92 Å². The molecule has 1 unspecified atom stereocenters. The van der Waals surface area contributed by atoms with Gasteiger partial charge in [-0.2, -0.15) is 4.31 Å². The summed E-state index contributed by atoms with van der Waals surface area (Å²) in [4.78, 5) is 0.350. The van der Waals surface area contributed by atoms with Crippen LogP contribution in [0.3, 0.4) is 0 Å². The highest BCUT2D eigenvalue weighted by molar-refractivity contribution is 7.89. The number of hydrogen-bond donors (Lipinski definition) is 1. The number of nitrogens with zero attached hydrogens (tertiary/aromatic N) is 1. The molecule has 2 N–H and O–H groups in total. The molecule has 0 radical (unpaired) electrons. The van der Waals surface area contributed by atoms with Gasteiger partial charge in [0.05, 0.1) is 4.90 Å². The first-order valence-electron chi connectivity index (χ1n) is 7.16. The molecule has 0 saturated heterocycles. The molecule has 2 rings (SSSR count). The molecule has 0 spiro atoms. The van der Waals surface area contributed by atoms with E-state index in [1.807, 2.05) is 12.1 Å². The zero-order chi connectivity index (χ0) is 14.9. The first-order valence-corrected chi connectivity index (χ1v) is 8.60. The monoisotopic (exact) mass is 296 g/mol. The first kappa shape index (κ1) is 15.5. The Labute approximate surface area is 122 Å². The Morgan fingerprint density at radius 2 is 1.80 bits per heavy atom. The SMILES string of the molecule is CC(C)c1ccc(S(=O)(=O)N(C)C(CN)C2CC2)cc1. The molecule has 5 heteroatoms. The van der Waals surface area contributed by atoms with E-state index in [9.17, 15) is 8.42 Å². The van der Waals surface area contributed by atoms with Crippen LogP contribution in [0.25, 0.3) is 0 Å². The number of sulfonamides is 1. The van der Waals surface area contributed by atoms with Crippen LogP contribution in [0.15, 0.2) is 29.2 Å². The van der Waals surface area contributed by atoms with Gasteiger partial charge in [-0.25, -0.2) is 8.42 Å². The fourth-order valence-electron chi connectivity index (χ4n) is 2.49. The highest BCUT2D eigenvalue weighted by Crippen LogP contribution is 2.36. The van der Waals surface area contributed by atoms with Crippen molar-refractivity contribution in [3.63, 3.8) is 0 Å². The Kier molecular flexibility index (Phi) is 4.52. The molecule has 4 nitrogen and oxygen atoms in total. The van der Waals surface area contributed by atoms with Crippen LogP contribution in [0.4, 0.5) is 0 Å². The van der Waals surface area contributed by atoms with E-state index < -0.39 is 10.0 Å². The van der Waals surface area contributed by atoms with Gasteiger partial charge in [-0.15, -0.1) is 0 Å². The van der Waals surface area contributed by atoms with E-state index in [-0.39, 0.29) is 6.04 Å². The second-order valence-corrected chi connectivity index (χ2v) is 7.88. The lowest BCUT2D eigenvalue weighted by Gasteiger charge is -2.26. The zero-order valence-electron chi connectivity index (χ0n) is 12.4. The van der Waals surface area contributed by atoms with E-state index in [2.05, 4.69) is 13.8 Å². The smallest absolute Gasteiger partial charge is 0.243 e. The van der Waals surface area contributed by atoms with Gasteiger partial charge in [-0.3, -0.25) is 0 Å². The number of likely N-dealkylation sites (N-methyl/N-ethyl adjacent to an activating group) is 1. The minimum absolute atomic E-state index is 0.0789. The normalized spacial score (nSPS) is 17.7. The van der Waals surface area contributed by atoms with E-state index in [4.69, 9.17) is 5.73 Å². The van der Waals surface area contributed by atoms with Gasteiger partial charge in [-0.05, 0) is 42.4 Å². The molecule has 0 aliphatic heterocycles. The lowest BCUT2D eigenvalue weighted by molar-refractivity contribution is 0.340. The summed E-state index contributed by atoms with van der Waals surface area (Å²) in [6.07, 6.45) is 2.15. The van der Waals surface area contributed by atoms with Crippen molar-refractivity contribution in [1.29, 1.82) is 0 Å². The Hall–Kier alpha value is -0.910. The minimum Gasteiger partial charge on any atom is -0.329 e. The number of nitrogens with two attached hydrogens (primary N) is 1. The van der Waals surface area contributed by atoms with Crippen LogP contribution in [0.1, 0.15) is 38.2 Å². The second kappa shape index (κ2) is 5.84. The summed E-state index contributed by atoms with van der Waals surface area (Å²) in [7, 11) is -1.80. The van der Waals surface area contributed by atoms with Gasteiger partial charge in [-0.1, -0.05) is 26.0 Å². The molecule has 0 amide bonds. The number of hydrogen-bond acceptors (Lipinski definition) is 3. The van der Waals surface area contributed by atoms with Crippen LogP contribution in [-0.4, -0.2) is 32.4 Å². The third-order valence-corrected chi connectivity index (χ3v) is 6.00. The molecule has 112 valence electrons. The van der Waals surface area contributed by atoms with Gasteiger partial charge in [0, 0.05) is 19.6 Å². The molecule has 0 heterocycles. The van der Waals surface area contributed by atoms with E-state index in [0.29, 0.717) is 23.3 Å². The largest absolute Gasteiger partial charge is 0.329 e. The summed E-state index contributed by atoms with van der Waals surface area (Å²) in [5, 5.41) is 0. The van der Waals surface area contributed by atoms with E-state index in [0.717, 1.165) is 18.4 Å². The number of rotatable bonds is 6. The summed E-state index contributed by atoms with van der Waals surface area (Å²) >= 11 is 0. The Balaban J connectivity index is 2.24. The van der Waals surface area contributed by atoms with Crippen molar-refractivity contribution in [1.82, 2.24) is 4.31 Å². The molecule has 1 aliphatic rings. The fraction of sp³-hybridized carbons (Fsp3) is 0.600. The quantitative estimate of drug-likeness (QED) is 0.875. The predicted octanol–water partition coefficient (Wildman–Crippen LogP) is 2.17. The van der Waals surface area contributed by atoms with Crippen molar-refractivity contribution in [2.75, 3.05) is 13.6 Å². The highest BCUT2D eigenvalue weighted by Gasteiger charge is 2.38. The molecule has 1 aliphatic carbocycles. The third kappa shape index (κ3) is 3.05. The van der Waals surface area contributed by atoms with E-state index in [1.165, 1.54) is 4.31 Å². The summed E-state index contributed by atoms with van der Waals surface area (Å²) in [5.74, 6) is 0.822. The minimum atomic E-state index is -3.44. The van der Waals surface area contributed by atoms with Gasteiger partial charge < -0.3 is 5.73 Å². The molecule has 0 aromatic heterocycles. The van der Waals surface area contributed by atoms with E-state index >= 15 is 0 Å². The fourth-order valence-corrected chi connectivity index (χ4v) is 3.92. The van der Waals surface area contributed by atoms with Gasteiger partial charge in [0.1, 0.15) is 0 Å². The second-order valence-electron chi connectivity index (χ2n) is 5.89. The maximum absolute atomic E-state index is 12.6. The lowest BCUT2D eigenvalue weighted by Crippen LogP contribution is -2.43. The maximum atomic E-state index is 12.6. The van der Waals surface area contributed by atoms with Gasteiger partial charge in [0.2, 0.25) is 10.0 Å². The van der Waals surface area contributed by atoms with Crippen molar-refractivity contribution in [2.45, 2.75) is 43.5 Å². The maximum Gasteiger partial charge on any atom is 0.243 e. The van der Waals surface area contributed by atoms with Crippen LogP contribution < -0.4 is 5.73 Å². The van der Waals surface area contributed by atoms with Gasteiger partial charge in [0.25, 0.3) is 0 Å². The van der Waals surface area contributed by atoms with Crippen molar-refractivity contribution >= 4 is 10.0 Å². The Bertz CT molecular complexity index is 548. The molecule has 1 aromatic carbocycles.